The Labute approximate surface area is 101 Å². The van der Waals surface area contributed by atoms with Gasteiger partial charge in [-0.15, -0.1) is 0 Å². The van der Waals surface area contributed by atoms with Crippen molar-refractivity contribution in [1.82, 2.24) is 4.98 Å². The Morgan fingerprint density at radius 1 is 1.71 bits per heavy atom. The number of rotatable bonds is 3. The fourth-order valence-electron chi connectivity index (χ4n) is 2.15. The van der Waals surface area contributed by atoms with E-state index in [1.54, 1.807) is 6.20 Å². The highest BCUT2D eigenvalue weighted by Gasteiger charge is 2.24. The van der Waals surface area contributed by atoms with Crippen molar-refractivity contribution in [2.45, 2.75) is 19.4 Å². The third-order valence-electron chi connectivity index (χ3n) is 3.05. The van der Waals surface area contributed by atoms with Gasteiger partial charge >= 0.3 is 0 Å². The third-order valence-corrected chi connectivity index (χ3v) is 3.05. The van der Waals surface area contributed by atoms with E-state index in [0.717, 1.165) is 25.3 Å². The monoisotopic (exact) mass is 234 g/mol. The van der Waals surface area contributed by atoms with Crippen molar-refractivity contribution in [1.29, 1.82) is 5.41 Å². The quantitative estimate of drug-likeness (QED) is 0.604. The van der Waals surface area contributed by atoms with Crippen molar-refractivity contribution in [2.75, 3.05) is 24.7 Å². The van der Waals surface area contributed by atoms with E-state index in [2.05, 4.69) is 16.8 Å². The van der Waals surface area contributed by atoms with Crippen LogP contribution in [0.15, 0.2) is 18.3 Å². The molecule has 0 bridgehead atoms. The molecule has 0 aliphatic carbocycles. The van der Waals surface area contributed by atoms with Crippen molar-refractivity contribution < 1.29 is 4.74 Å². The maximum atomic E-state index is 7.58. The molecule has 0 aromatic carbocycles. The summed E-state index contributed by atoms with van der Waals surface area (Å²) in [6, 6.07) is 4.19. The lowest BCUT2D eigenvalue weighted by atomic mass is 10.1. The zero-order valence-electron chi connectivity index (χ0n) is 10.0. The molecule has 1 fully saturated rings. The lowest BCUT2D eigenvalue weighted by molar-refractivity contribution is 0.0929. The van der Waals surface area contributed by atoms with Crippen molar-refractivity contribution in [3.8, 4) is 0 Å². The average Bonchev–Trinajstić information content (AvgIpc) is 2.38. The van der Waals surface area contributed by atoms with Crippen LogP contribution in [0.2, 0.25) is 0 Å². The Bertz CT molecular complexity index is 407. The van der Waals surface area contributed by atoms with E-state index >= 15 is 0 Å². The average molecular weight is 234 g/mol. The number of anilines is 1. The number of aromatic nitrogens is 1. The summed E-state index contributed by atoms with van der Waals surface area (Å²) in [4.78, 5) is 6.43. The highest BCUT2D eigenvalue weighted by atomic mass is 16.5. The van der Waals surface area contributed by atoms with Crippen LogP contribution in [0.3, 0.4) is 0 Å². The number of hydrogen-bond donors (Lipinski definition) is 2. The maximum absolute atomic E-state index is 7.58. The molecule has 2 heterocycles. The standard InChI is InChI=1S/C12H18N4O/c1-2-9-8-17-7-6-16(9)10-4-3-5-15-11(10)12(13)14/h3-5,9H,2,6-8H2,1H3,(H3,13,14). The van der Waals surface area contributed by atoms with Crippen LogP contribution in [0.4, 0.5) is 5.69 Å². The van der Waals surface area contributed by atoms with Gasteiger partial charge in [-0.1, -0.05) is 6.92 Å². The largest absolute Gasteiger partial charge is 0.382 e. The predicted molar refractivity (Wildman–Crippen MR) is 67.5 cm³/mol. The zero-order chi connectivity index (χ0) is 12.3. The SMILES string of the molecule is CCC1COCCN1c1cccnc1C(=N)N. The van der Waals surface area contributed by atoms with Crippen LogP contribution in [-0.2, 0) is 4.74 Å². The molecule has 1 atom stereocenters. The second kappa shape index (κ2) is 5.14. The van der Waals surface area contributed by atoms with E-state index in [1.807, 2.05) is 12.1 Å². The molecule has 1 aliphatic heterocycles. The van der Waals surface area contributed by atoms with Gasteiger partial charge in [0.05, 0.1) is 24.9 Å². The van der Waals surface area contributed by atoms with Crippen LogP contribution in [0, 0.1) is 5.41 Å². The Morgan fingerprint density at radius 3 is 3.24 bits per heavy atom. The number of amidine groups is 1. The summed E-state index contributed by atoms with van der Waals surface area (Å²) in [5, 5.41) is 7.58. The van der Waals surface area contributed by atoms with E-state index in [4.69, 9.17) is 15.9 Å². The molecule has 1 aromatic heterocycles. The zero-order valence-corrected chi connectivity index (χ0v) is 10.0. The lowest BCUT2D eigenvalue weighted by Crippen LogP contribution is -2.46. The van der Waals surface area contributed by atoms with Gasteiger partial charge < -0.3 is 15.4 Å². The number of pyridine rings is 1. The summed E-state index contributed by atoms with van der Waals surface area (Å²) >= 11 is 0. The first-order valence-corrected chi connectivity index (χ1v) is 5.87. The van der Waals surface area contributed by atoms with Crippen LogP contribution in [0.1, 0.15) is 19.0 Å². The fourth-order valence-corrected chi connectivity index (χ4v) is 2.15. The third kappa shape index (κ3) is 2.39. The number of nitrogens with one attached hydrogen (secondary N) is 1. The van der Waals surface area contributed by atoms with Crippen LogP contribution in [-0.4, -0.2) is 36.6 Å². The summed E-state index contributed by atoms with van der Waals surface area (Å²) in [7, 11) is 0. The second-order valence-electron chi connectivity index (χ2n) is 4.12. The Morgan fingerprint density at radius 2 is 2.53 bits per heavy atom. The molecule has 1 aromatic rings. The first-order chi connectivity index (χ1) is 8.24. The molecule has 3 N–H and O–H groups in total. The van der Waals surface area contributed by atoms with Crippen LogP contribution in [0.25, 0.3) is 0 Å². The molecule has 1 unspecified atom stereocenters. The summed E-state index contributed by atoms with van der Waals surface area (Å²) in [5.74, 6) is 0.0157. The van der Waals surface area contributed by atoms with E-state index in [-0.39, 0.29) is 5.84 Å². The number of ether oxygens (including phenoxy) is 1. The minimum Gasteiger partial charge on any atom is -0.382 e. The smallest absolute Gasteiger partial charge is 0.143 e. The van der Waals surface area contributed by atoms with Crippen molar-refractivity contribution in [2.24, 2.45) is 5.73 Å². The molecule has 2 rings (SSSR count). The first kappa shape index (κ1) is 11.9. The molecule has 1 saturated heterocycles. The van der Waals surface area contributed by atoms with E-state index in [9.17, 15) is 0 Å². The maximum Gasteiger partial charge on any atom is 0.143 e. The minimum atomic E-state index is 0.0157. The first-order valence-electron chi connectivity index (χ1n) is 5.87. The number of nitrogen functional groups attached to an aromatic ring is 1. The molecule has 92 valence electrons. The van der Waals surface area contributed by atoms with Gasteiger partial charge in [0.2, 0.25) is 0 Å². The van der Waals surface area contributed by atoms with Crippen molar-refractivity contribution in [3.63, 3.8) is 0 Å². The molecule has 17 heavy (non-hydrogen) atoms. The molecular formula is C12H18N4O. The number of morpholine rings is 1. The molecule has 0 amide bonds. The van der Waals surface area contributed by atoms with Crippen LogP contribution < -0.4 is 10.6 Å². The van der Waals surface area contributed by atoms with Gasteiger partial charge in [0.25, 0.3) is 0 Å². The summed E-state index contributed by atoms with van der Waals surface area (Å²) in [6.45, 7) is 4.39. The summed E-state index contributed by atoms with van der Waals surface area (Å²) in [6.07, 6.45) is 2.67. The van der Waals surface area contributed by atoms with Gasteiger partial charge in [-0.2, -0.15) is 0 Å². The molecule has 5 heteroatoms. The molecular weight excluding hydrogens is 216 g/mol. The minimum absolute atomic E-state index is 0.0157. The predicted octanol–water partition coefficient (Wildman–Crippen LogP) is 0.981. The van der Waals surface area contributed by atoms with Crippen molar-refractivity contribution >= 4 is 11.5 Å². The highest BCUT2D eigenvalue weighted by Crippen LogP contribution is 2.23. The summed E-state index contributed by atoms with van der Waals surface area (Å²) in [5.41, 5.74) is 7.07. The van der Waals surface area contributed by atoms with Gasteiger partial charge in [0.1, 0.15) is 11.5 Å². The Kier molecular flexibility index (Phi) is 3.58. The lowest BCUT2D eigenvalue weighted by Gasteiger charge is -2.37. The van der Waals surface area contributed by atoms with Crippen LogP contribution >= 0.6 is 0 Å². The molecule has 0 radical (unpaired) electrons. The fraction of sp³-hybridized carbons (Fsp3) is 0.500. The molecule has 0 spiro atoms. The van der Waals surface area contributed by atoms with E-state index in [0.29, 0.717) is 18.3 Å². The topological polar surface area (TPSA) is 75.2 Å². The number of hydrogen-bond acceptors (Lipinski definition) is 4. The van der Waals surface area contributed by atoms with Gasteiger partial charge in [-0.25, -0.2) is 0 Å². The molecule has 5 nitrogen and oxygen atoms in total. The van der Waals surface area contributed by atoms with Gasteiger partial charge in [0.15, 0.2) is 0 Å². The highest BCUT2D eigenvalue weighted by molar-refractivity contribution is 5.98. The van der Waals surface area contributed by atoms with Gasteiger partial charge in [-0.3, -0.25) is 10.4 Å². The van der Waals surface area contributed by atoms with Gasteiger partial charge in [-0.05, 0) is 18.6 Å². The van der Waals surface area contributed by atoms with E-state index in [1.165, 1.54) is 0 Å². The van der Waals surface area contributed by atoms with Crippen LogP contribution in [0.5, 0.6) is 0 Å². The Balaban J connectivity index is 2.34. The number of nitrogens with zero attached hydrogens (tertiary/aromatic N) is 2. The summed E-state index contributed by atoms with van der Waals surface area (Å²) < 4.78 is 5.48. The second-order valence-corrected chi connectivity index (χ2v) is 4.12. The number of nitrogens with two attached hydrogens (primary N) is 1. The van der Waals surface area contributed by atoms with E-state index < -0.39 is 0 Å². The van der Waals surface area contributed by atoms with Gasteiger partial charge in [0, 0.05) is 12.7 Å². The Hall–Kier alpha value is -1.62. The molecule has 1 aliphatic rings. The molecule has 0 saturated carbocycles. The van der Waals surface area contributed by atoms with Crippen molar-refractivity contribution in [3.05, 3.63) is 24.0 Å². The normalized spacial score (nSPS) is 20.3.